The Hall–Kier alpha value is 1.25. The summed E-state index contributed by atoms with van der Waals surface area (Å²) in [6, 6.07) is 0. The van der Waals surface area contributed by atoms with Gasteiger partial charge in [0.2, 0.25) is 0 Å². The molecule has 0 fully saturated rings. The van der Waals surface area contributed by atoms with Crippen molar-refractivity contribution in [1.82, 2.24) is 0 Å². The summed E-state index contributed by atoms with van der Waals surface area (Å²) >= 11 is 0. The first kappa shape index (κ1) is 22.8. The van der Waals surface area contributed by atoms with E-state index < -0.39 is 7.82 Å². The fourth-order valence-electron chi connectivity index (χ4n) is 0. The Kier molecular flexibility index (Phi) is 23.6. The molecule has 8 heteroatoms. The van der Waals surface area contributed by atoms with E-state index in [4.69, 9.17) is 19.2 Å². The largest absolute Gasteiger partial charge is 1.00 e. The fourth-order valence-corrected chi connectivity index (χ4v) is 0. The molecule has 0 aromatic heterocycles. The maximum Gasteiger partial charge on any atom is 1.00 e. The molecule has 0 amide bonds. The molecule has 0 atom stereocenters. The molecule has 0 spiro atoms. The molecule has 0 saturated heterocycles. The van der Waals surface area contributed by atoms with Crippen molar-refractivity contribution in [1.29, 1.82) is 0 Å². The van der Waals surface area contributed by atoms with Gasteiger partial charge in [-0.25, -0.2) is 0 Å². The van der Waals surface area contributed by atoms with Crippen molar-refractivity contribution < 1.29 is 62.1 Å². The first-order valence-electron chi connectivity index (χ1n) is 0.730. The summed E-state index contributed by atoms with van der Waals surface area (Å²) < 4.78 is 8.55. The van der Waals surface area contributed by atoms with Crippen LogP contribution in [0.15, 0.2) is 0 Å². The van der Waals surface area contributed by atoms with Crippen LogP contribution in [0, 0.1) is 0 Å². The van der Waals surface area contributed by atoms with E-state index in [1.807, 2.05) is 0 Å². The van der Waals surface area contributed by atoms with Gasteiger partial charge in [-0.3, -0.25) is 0 Å². The third kappa shape index (κ3) is 181. The van der Waals surface area contributed by atoms with Crippen LogP contribution in [0.2, 0.25) is 0 Å². The van der Waals surface area contributed by atoms with Gasteiger partial charge in [-0.2, -0.15) is 7.82 Å². The van der Waals surface area contributed by atoms with Crippen LogP contribution in [0.5, 0.6) is 0 Å². The van der Waals surface area contributed by atoms with Crippen LogP contribution >= 0.6 is 7.82 Å². The quantitative estimate of drug-likeness (QED) is 0.265. The molecule has 0 rings (SSSR count). The number of rotatable bonds is 0. The minimum atomic E-state index is -5.39. The molecule has 8 heavy (non-hydrogen) atoms. The van der Waals surface area contributed by atoms with E-state index in [-0.39, 0.29) is 42.9 Å². The van der Waals surface area contributed by atoms with Gasteiger partial charge in [0.15, 0.2) is 0 Å². The van der Waals surface area contributed by atoms with E-state index in [1.165, 1.54) is 0 Å². The van der Waals surface area contributed by atoms with Gasteiger partial charge in [-0.15, -0.1) is 0 Å². The van der Waals surface area contributed by atoms with Crippen molar-refractivity contribution in [3.8, 4) is 0 Å². The second kappa shape index (κ2) is 8.25. The molecular weight excluding hydrogens is 169 g/mol. The van der Waals surface area contributed by atoms with E-state index in [0.29, 0.717) is 0 Å². The smallest absolute Gasteiger partial charge is 0.870 e. The van der Waals surface area contributed by atoms with E-state index in [1.54, 1.807) is 0 Å². The molecule has 1 N–H and O–H groups in total. The normalized spacial score (nSPS) is 7.38. The second-order valence-electron chi connectivity index (χ2n) is 0.447. The minimum absolute atomic E-state index is 0. The molecule has 5 nitrogen and oxygen atoms in total. The van der Waals surface area contributed by atoms with Gasteiger partial charge in [-0.1, -0.05) is 0 Å². The summed E-state index contributed by atoms with van der Waals surface area (Å²) in [7, 11) is -5.39. The topological polar surface area (TPSA) is 116 Å². The Morgan fingerprint density at radius 3 is 1.12 bits per heavy atom. The summed E-state index contributed by atoms with van der Waals surface area (Å²) in [5, 5.41) is 0. The van der Waals surface area contributed by atoms with Crippen molar-refractivity contribution in [3.05, 3.63) is 0 Å². The number of hydrogen-bond acceptors (Lipinski definition) is 5. The maximum absolute atomic E-state index is 8.55. The molecule has 0 aliphatic heterocycles. The van der Waals surface area contributed by atoms with Crippen molar-refractivity contribution in [2.75, 3.05) is 0 Å². The Balaban J connectivity index is -0.0000000267. The van der Waals surface area contributed by atoms with E-state index in [0.717, 1.165) is 0 Å². The van der Waals surface area contributed by atoms with E-state index in [2.05, 4.69) is 0 Å². The Labute approximate surface area is 70.1 Å². The Bertz CT molecular complexity index is 58.6. The van der Waals surface area contributed by atoms with Crippen LogP contribution in [0.25, 0.3) is 0 Å². The molecule has 45 valence electrons. The minimum Gasteiger partial charge on any atom is -0.870 e. The summed E-state index contributed by atoms with van der Waals surface area (Å²) in [5.41, 5.74) is 0. The molecule has 0 aliphatic carbocycles. The molecule has 0 aromatic carbocycles. The maximum atomic E-state index is 8.55. The molecule has 0 unspecified atom stereocenters. The van der Waals surface area contributed by atoms with Crippen molar-refractivity contribution >= 4 is 7.82 Å². The van der Waals surface area contributed by atoms with Crippen LogP contribution < -0.4 is 33.5 Å². The molecule has 1 radical (unpaired) electrons. The number of hydrogen-bond donors (Lipinski definition) is 0. The van der Waals surface area contributed by atoms with Gasteiger partial charge in [0.25, 0.3) is 0 Å². The van der Waals surface area contributed by atoms with Gasteiger partial charge < -0.3 is 24.7 Å². The van der Waals surface area contributed by atoms with Crippen molar-refractivity contribution in [2.45, 2.75) is 0 Å². The predicted octanol–water partition coefficient (Wildman–Crippen LogP) is -6.00. The predicted molar refractivity (Wildman–Crippen MR) is 9.54 cm³/mol. The summed E-state index contributed by atoms with van der Waals surface area (Å²) in [6.07, 6.45) is 0. The molecular formula is HLiO5PV-3. The number of phosphoric acid groups is 1. The SMILES string of the molecule is O=P([O-])([O-])[O-].[Li+].[OH-].[V]. The van der Waals surface area contributed by atoms with Crippen LogP contribution in [-0.2, 0) is 23.1 Å². The van der Waals surface area contributed by atoms with Crippen LogP contribution in [0.4, 0.5) is 0 Å². The molecule has 0 aromatic rings. The standard InChI is InChI=1S/Li.H3O4P.H2O.V/c;1-5(2,3)4;;/h;(H3,1,2,3,4);1H2;/q+1;;;/p-4. The zero-order chi connectivity index (χ0) is 4.50. The van der Waals surface area contributed by atoms with Crippen molar-refractivity contribution in [3.63, 3.8) is 0 Å². The zero-order valence-electron chi connectivity index (χ0n) is 3.97. The Morgan fingerprint density at radius 1 is 1.12 bits per heavy atom. The Morgan fingerprint density at radius 2 is 1.12 bits per heavy atom. The van der Waals surface area contributed by atoms with Gasteiger partial charge in [0.05, 0.1) is 0 Å². The van der Waals surface area contributed by atoms with E-state index >= 15 is 0 Å². The van der Waals surface area contributed by atoms with Gasteiger partial charge in [-0.05, 0) is 0 Å². The van der Waals surface area contributed by atoms with E-state index in [9.17, 15) is 0 Å². The summed E-state index contributed by atoms with van der Waals surface area (Å²) in [4.78, 5) is 25.6. The second-order valence-corrected chi connectivity index (χ2v) is 1.34. The summed E-state index contributed by atoms with van der Waals surface area (Å²) in [6.45, 7) is 0. The molecule has 0 heterocycles. The van der Waals surface area contributed by atoms with Crippen LogP contribution in [0.3, 0.4) is 0 Å². The summed E-state index contributed by atoms with van der Waals surface area (Å²) in [5.74, 6) is 0. The average molecular weight is 170 g/mol. The third-order valence-corrected chi connectivity index (χ3v) is 0. The third-order valence-electron chi connectivity index (χ3n) is 0. The van der Waals surface area contributed by atoms with Crippen LogP contribution in [-0.4, -0.2) is 5.48 Å². The zero-order valence-corrected chi connectivity index (χ0v) is 6.27. The van der Waals surface area contributed by atoms with Gasteiger partial charge in [0.1, 0.15) is 0 Å². The first-order valence-corrected chi connectivity index (χ1v) is 2.19. The fraction of sp³-hybridized carbons (Fsp3) is 0. The molecule has 0 bridgehead atoms. The molecule has 0 saturated carbocycles. The first-order chi connectivity index (χ1) is 2.00. The molecule has 0 aliphatic rings. The average Bonchev–Trinajstić information content (AvgIpc) is 0.722. The van der Waals surface area contributed by atoms with Gasteiger partial charge in [0, 0.05) is 18.6 Å². The van der Waals surface area contributed by atoms with Crippen LogP contribution in [0.1, 0.15) is 0 Å². The van der Waals surface area contributed by atoms with Gasteiger partial charge >= 0.3 is 18.9 Å². The van der Waals surface area contributed by atoms with Crippen molar-refractivity contribution in [2.24, 2.45) is 0 Å². The monoisotopic (exact) mass is 170 g/mol.